The monoisotopic (exact) mass is 255 g/mol. The molecule has 1 unspecified atom stereocenters. The summed E-state index contributed by atoms with van der Waals surface area (Å²) in [6.07, 6.45) is 0. The Balaban J connectivity index is 2.33. The molecule has 0 aliphatic carbocycles. The Morgan fingerprint density at radius 3 is 3.07 bits per heavy atom. The number of likely N-dealkylation sites (N-methyl/N-ethyl adjacent to an activating group) is 1. The molecule has 0 bridgehead atoms. The number of fused-ring (bicyclic) bond motifs is 1. The zero-order valence-electron chi connectivity index (χ0n) is 8.46. The van der Waals surface area contributed by atoms with Crippen molar-refractivity contribution in [2.45, 2.75) is 19.5 Å². The molecule has 0 N–H and O–H groups in total. The first-order valence-electron chi connectivity index (χ1n) is 4.78. The van der Waals surface area contributed by atoms with Gasteiger partial charge in [-0.15, -0.1) is 0 Å². The summed E-state index contributed by atoms with van der Waals surface area (Å²) >= 11 is 3.45. The van der Waals surface area contributed by atoms with Crippen LogP contribution in [0.15, 0.2) is 22.7 Å². The second kappa shape index (κ2) is 3.91. The molecule has 1 heterocycles. The van der Waals surface area contributed by atoms with Crippen molar-refractivity contribution in [1.29, 1.82) is 0 Å². The van der Waals surface area contributed by atoms with Crippen molar-refractivity contribution in [3.8, 4) is 5.75 Å². The summed E-state index contributed by atoms with van der Waals surface area (Å²) in [5.74, 6) is 1.01. The highest BCUT2D eigenvalue weighted by molar-refractivity contribution is 9.10. The van der Waals surface area contributed by atoms with E-state index in [1.165, 1.54) is 5.56 Å². The molecular formula is C11H14BrNO. The maximum absolute atomic E-state index is 5.74. The summed E-state index contributed by atoms with van der Waals surface area (Å²) in [5, 5.41) is 0. The normalized spacial score (nSPS) is 22.4. The number of hydrogen-bond donors (Lipinski definition) is 0. The van der Waals surface area contributed by atoms with Crippen molar-refractivity contribution >= 4 is 15.9 Å². The molecule has 0 spiro atoms. The average Bonchev–Trinajstić information content (AvgIpc) is 2.29. The third-order valence-electron chi connectivity index (χ3n) is 2.68. The Labute approximate surface area is 93.0 Å². The lowest BCUT2D eigenvalue weighted by Crippen LogP contribution is -2.31. The van der Waals surface area contributed by atoms with Gasteiger partial charge in [0.25, 0.3) is 0 Å². The van der Waals surface area contributed by atoms with Crippen molar-refractivity contribution in [2.75, 3.05) is 13.7 Å². The Kier molecular flexibility index (Phi) is 2.79. The van der Waals surface area contributed by atoms with Crippen LogP contribution in [0.1, 0.15) is 12.5 Å². The van der Waals surface area contributed by atoms with Crippen LogP contribution in [0.25, 0.3) is 0 Å². The van der Waals surface area contributed by atoms with Gasteiger partial charge in [-0.05, 0) is 26.1 Å². The summed E-state index contributed by atoms with van der Waals surface area (Å²) in [5.41, 5.74) is 1.26. The molecule has 0 aromatic heterocycles. The van der Waals surface area contributed by atoms with E-state index >= 15 is 0 Å². The van der Waals surface area contributed by atoms with Gasteiger partial charge in [-0.2, -0.15) is 0 Å². The molecule has 0 fully saturated rings. The molecular weight excluding hydrogens is 242 g/mol. The molecule has 2 rings (SSSR count). The van der Waals surface area contributed by atoms with Crippen molar-refractivity contribution < 1.29 is 4.74 Å². The van der Waals surface area contributed by atoms with Gasteiger partial charge in [0.15, 0.2) is 0 Å². The van der Waals surface area contributed by atoms with E-state index in [1.54, 1.807) is 0 Å². The number of hydrogen-bond acceptors (Lipinski definition) is 2. The van der Waals surface area contributed by atoms with Crippen LogP contribution in [0.5, 0.6) is 5.75 Å². The first-order valence-corrected chi connectivity index (χ1v) is 5.57. The second-order valence-electron chi connectivity index (χ2n) is 3.83. The molecule has 0 saturated carbocycles. The summed E-state index contributed by atoms with van der Waals surface area (Å²) in [4.78, 5) is 2.31. The fourth-order valence-electron chi connectivity index (χ4n) is 1.56. The molecule has 1 aromatic rings. The predicted octanol–water partition coefficient (Wildman–Crippen LogP) is 2.66. The molecule has 0 radical (unpaired) electrons. The molecule has 3 heteroatoms. The minimum Gasteiger partial charge on any atom is -0.492 e. The van der Waals surface area contributed by atoms with Gasteiger partial charge < -0.3 is 4.74 Å². The molecule has 14 heavy (non-hydrogen) atoms. The largest absolute Gasteiger partial charge is 0.492 e. The van der Waals surface area contributed by atoms with Gasteiger partial charge in [0, 0.05) is 22.6 Å². The van der Waals surface area contributed by atoms with E-state index in [2.05, 4.69) is 46.9 Å². The summed E-state index contributed by atoms with van der Waals surface area (Å²) < 4.78 is 6.82. The molecule has 1 aliphatic rings. The van der Waals surface area contributed by atoms with Crippen LogP contribution in [-0.4, -0.2) is 24.6 Å². The van der Waals surface area contributed by atoms with Crippen LogP contribution in [0, 0.1) is 0 Å². The summed E-state index contributed by atoms with van der Waals surface area (Å²) in [6.45, 7) is 3.91. The maximum atomic E-state index is 5.74. The highest BCUT2D eigenvalue weighted by Gasteiger charge is 2.17. The third kappa shape index (κ3) is 1.93. The van der Waals surface area contributed by atoms with Crippen molar-refractivity contribution in [2.24, 2.45) is 0 Å². The molecule has 1 atom stereocenters. The lowest BCUT2D eigenvalue weighted by Gasteiger charge is -2.19. The van der Waals surface area contributed by atoms with E-state index < -0.39 is 0 Å². The SMILES string of the molecule is CC1COc2cc(Br)ccc2CN1C. The van der Waals surface area contributed by atoms with E-state index in [4.69, 9.17) is 4.74 Å². The van der Waals surface area contributed by atoms with Crippen LogP contribution >= 0.6 is 15.9 Å². The quantitative estimate of drug-likeness (QED) is 0.707. The lowest BCUT2D eigenvalue weighted by atomic mass is 10.2. The van der Waals surface area contributed by atoms with Crippen LogP contribution in [0.2, 0.25) is 0 Å². The van der Waals surface area contributed by atoms with E-state index in [-0.39, 0.29) is 0 Å². The van der Waals surface area contributed by atoms with Crippen molar-refractivity contribution in [3.05, 3.63) is 28.2 Å². The summed E-state index contributed by atoms with van der Waals surface area (Å²) in [7, 11) is 2.13. The lowest BCUT2D eigenvalue weighted by molar-refractivity contribution is 0.189. The van der Waals surface area contributed by atoms with Gasteiger partial charge in [0.2, 0.25) is 0 Å². The van der Waals surface area contributed by atoms with Gasteiger partial charge in [-0.1, -0.05) is 22.0 Å². The fourth-order valence-corrected chi connectivity index (χ4v) is 1.90. The van der Waals surface area contributed by atoms with E-state index in [0.717, 1.165) is 23.4 Å². The van der Waals surface area contributed by atoms with E-state index in [0.29, 0.717) is 6.04 Å². The molecule has 0 saturated heterocycles. The first-order chi connectivity index (χ1) is 6.66. The number of ether oxygens (including phenoxy) is 1. The standard InChI is InChI=1S/C11H14BrNO/c1-8-7-14-11-5-10(12)4-3-9(11)6-13(8)2/h3-5,8H,6-7H2,1-2H3. The van der Waals surface area contributed by atoms with E-state index in [1.807, 2.05) is 6.07 Å². The Hall–Kier alpha value is -0.540. The molecule has 1 aliphatic heterocycles. The average molecular weight is 256 g/mol. The second-order valence-corrected chi connectivity index (χ2v) is 4.74. The predicted molar refractivity (Wildman–Crippen MR) is 60.6 cm³/mol. The molecule has 2 nitrogen and oxygen atoms in total. The highest BCUT2D eigenvalue weighted by Crippen LogP contribution is 2.27. The topological polar surface area (TPSA) is 12.5 Å². The Morgan fingerprint density at radius 2 is 2.29 bits per heavy atom. The number of halogens is 1. The van der Waals surface area contributed by atoms with Crippen molar-refractivity contribution in [3.63, 3.8) is 0 Å². The van der Waals surface area contributed by atoms with Crippen molar-refractivity contribution in [1.82, 2.24) is 4.90 Å². The van der Waals surface area contributed by atoms with Crippen LogP contribution in [-0.2, 0) is 6.54 Å². The molecule has 1 aromatic carbocycles. The first kappa shape index (κ1) is 9.99. The zero-order valence-corrected chi connectivity index (χ0v) is 10.0. The van der Waals surface area contributed by atoms with Crippen LogP contribution in [0.4, 0.5) is 0 Å². The molecule has 76 valence electrons. The zero-order chi connectivity index (χ0) is 10.1. The number of nitrogens with zero attached hydrogens (tertiary/aromatic N) is 1. The van der Waals surface area contributed by atoms with Crippen LogP contribution < -0.4 is 4.74 Å². The van der Waals surface area contributed by atoms with Gasteiger partial charge >= 0.3 is 0 Å². The van der Waals surface area contributed by atoms with Gasteiger partial charge in [-0.25, -0.2) is 0 Å². The number of benzene rings is 1. The maximum Gasteiger partial charge on any atom is 0.124 e. The van der Waals surface area contributed by atoms with Gasteiger partial charge in [-0.3, -0.25) is 4.90 Å². The van der Waals surface area contributed by atoms with Gasteiger partial charge in [0.1, 0.15) is 12.4 Å². The minimum absolute atomic E-state index is 0.473. The summed E-state index contributed by atoms with van der Waals surface area (Å²) in [6, 6.07) is 6.70. The number of rotatable bonds is 0. The highest BCUT2D eigenvalue weighted by atomic mass is 79.9. The molecule has 0 amide bonds. The van der Waals surface area contributed by atoms with Crippen LogP contribution in [0.3, 0.4) is 0 Å². The fraction of sp³-hybridized carbons (Fsp3) is 0.455. The van der Waals surface area contributed by atoms with Gasteiger partial charge in [0.05, 0.1) is 0 Å². The smallest absolute Gasteiger partial charge is 0.124 e. The Morgan fingerprint density at radius 1 is 1.50 bits per heavy atom. The van der Waals surface area contributed by atoms with E-state index in [9.17, 15) is 0 Å². The minimum atomic E-state index is 0.473. The third-order valence-corrected chi connectivity index (χ3v) is 3.17. The Bertz CT molecular complexity index is 340.